The van der Waals surface area contributed by atoms with E-state index in [4.69, 9.17) is 4.52 Å². The number of rotatable bonds is 6. The molecule has 0 spiro atoms. The van der Waals surface area contributed by atoms with E-state index in [-0.39, 0.29) is 17.9 Å². The summed E-state index contributed by atoms with van der Waals surface area (Å²) in [6, 6.07) is 1.56. The number of carbonyl (C=O) groups excluding carboxylic acids is 1. The topological polar surface area (TPSA) is 139 Å². The van der Waals surface area contributed by atoms with Crippen LogP contribution in [0.25, 0.3) is 11.6 Å². The molecule has 4 heterocycles. The number of amides is 1. The summed E-state index contributed by atoms with van der Waals surface area (Å²) in [6.45, 7) is 5.83. The predicted molar refractivity (Wildman–Crippen MR) is 98.1 cm³/mol. The minimum atomic E-state index is -0.446. The minimum absolute atomic E-state index is 0.0385. The van der Waals surface area contributed by atoms with Crippen molar-refractivity contribution in [2.75, 3.05) is 13.1 Å². The first-order chi connectivity index (χ1) is 13.6. The second kappa shape index (κ2) is 7.89. The first-order valence-electron chi connectivity index (χ1n) is 9.38. The lowest BCUT2D eigenvalue weighted by atomic mass is 10.0. The number of hydrogen-bond donors (Lipinski definition) is 3. The third-order valence-electron chi connectivity index (χ3n) is 4.77. The molecule has 11 heteroatoms. The van der Waals surface area contributed by atoms with Crippen molar-refractivity contribution in [1.82, 2.24) is 45.7 Å². The second-order valence-electron chi connectivity index (χ2n) is 7.17. The zero-order valence-corrected chi connectivity index (χ0v) is 15.8. The number of carbonyl (C=O) groups is 1. The van der Waals surface area contributed by atoms with Crippen molar-refractivity contribution in [3.63, 3.8) is 0 Å². The van der Waals surface area contributed by atoms with Gasteiger partial charge in [-0.25, -0.2) is 4.98 Å². The highest BCUT2D eigenvalue weighted by Gasteiger charge is 2.27. The van der Waals surface area contributed by atoms with Crippen molar-refractivity contribution in [3.8, 4) is 11.6 Å². The SMILES string of the molecule is CC(C)C(NC(=O)c1ccn(C2CCCNC2)n1)c1nc(-c2ncn[nH]2)no1. The Morgan fingerprint density at radius 2 is 2.32 bits per heavy atom. The van der Waals surface area contributed by atoms with Crippen LogP contribution < -0.4 is 10.6 Å². The molecule has 28 heavy (non-hydrogen) atoms. The van der Waals surface area contributed by atoms with Crippen LogP contribution in [0.3, 0.4) is 0 Å². The van der Waals surface area contributed by atoms with Crippen LogP contribution in [0.1, 0.15) is 55.2 Å². The number of nitrogens with zero attached hydrogens (tertiary/aromatic N) is 6. The van der Waals surface area contributed by atoms with Gasteiger partial charge in [0.15, 0.2) is 5.82 Å². The molecule has 3 aromatic heterocycles. The van der Waals surface area contributed by atoms with Gasteiger partial charge in [-0.2, -0.15) is 15.2 Å². The van der Waals surface area contributed by atoms with Crippen molar-refractivity contribution < 1.29 is 9.32 Å². The lowest BCUT2D eigenvalue weighted by molar-refractivity contribution is 0.0907. The maximum Gasteiger partial charge on any atom is 0.272 e. The van der Waals surface area contributed by atoms with Gasteiger partial charge in [0.2, 0.25) is 11.7 Å². The van der Waals surface area contributed by atoms with E-state index in [0.717, 1.165) is 25.9 Å². The van der Waals surface area contributed by atoms with Gasteiger partial charge >= 0.3 is 0 Å². The van der Waals surface area contributed by atoms with Crippen molar-refractivity contribution >= 4 is 5.91 Å². The fourth-order valence-corrected chi connectivity index (χ4v) is 3.22. The van der Waals surface area contributed by atoms with E-state index in [0.29, 0.717) is 23.2 Å². The number of hydrogen-bond acceptors (Lipinski definition) is 8. The first-order valence-corrected chi connectivity index (χ1v) is 9.38. The molecule has 0 saturated carbocycles. The van der Waals surface area contributed by atoms with Crippen LogP contribution in [0.4, 0.5) is 0 Å². The molecule has 0 bridgehead atoms. The van der Waals surface area contributed by atoms with E-state index in [2.05, 4.69) is 41.1 Å². The van der Waals surface area contributed by atoms with Crippen LogP contribution in [-0.2, 0) is 0 Å². The zero-order chi connectivity index (χ0) is 19.5. The monoisotopic (exact) mass is 385 g/mol. The quantitative estimate of drug-likeness (QED) is 0.573. The lowest BCUT2D eigenvalue weighted by Gasteiger charge is -2.23. The van der Waals surface area contributed by atoms with E-state index < -0.39 is 6.04 Å². The van der Waals surface area contributed by atoms with Crippen LogP contribution in [0.2, 0.25) is 0 Å². The van der Waals surface area contributed by atoms with Crippen molar-refractivity contribution in [2.24, 2.45) is 5.92 Å². The molecule has 1 aliphatic rings. The summed E-state index contributed by atoms with van der Waals surface area (Å²) >= 11 is 0. The molecule has 3 N–H and O–H groups in total. The average molecular weight is 385 g/mol. The molecule has 0 aliphatic carbocycles. The highest BCUT2D eigenvalue weighted by Crippen LogP contribution is 2.23. The molecule has 3 aromatic rings. The maximum atomic E-state index is 12.7. The summed E-state index contributed by atoms with van der Waals surface area (Å²) in [7, 11) is 0. The second-order valence-corrected chi connectivity index (χ2v) is 7.17. The molecule has 2 unspecified atom stereocenters. The van der Waals surface area contributed by atoms with Gasteiger partial charge in [0.1, 0.15) is 18.1 Å². The number of H-pyrrole nitrogens is 1. The van der Waals surface area contributed by atoms with Crippen molar-refractivity contribution in [3.05, 3.63) is 30.2 Å². The Morgan fingerprint density at radius 1 is 1.43 bits per heavy atom. The number of nitrogens with one attached hydrogen (secondary N) is 3. The van der Waals surface area contributed by atoms with Gasteiger partial charge < -0.3 is 15.2 Å². The van der Waals surface area contributed by atoms with Crippen LogP contribution in [0, 0.1) is 5.92 Å². The molecule has 11 nitrogen and oxygen atoms in total. The Morgan fingerprint density at radius 3 is 3.04 bits per heavy atom. The van der Waals surface area contributed by atoms with E-state index in [1.807, 2.05) is 24.7 Å². The third-order valence-corrected chi connectivity index (χ3v) is 4.77. The molecule has 1 fully saturated rings. The van der Waals surface area contributed by atoms with Crippen LogP contribution in [0.15, 0.2) is 23.1 Å². The fraction of sp³-hybridized carbons (Fsp3) is 0.529. The van der Waals surface area contributed by atoms with E-state index in [1.165, 1.54) is 6.33 Å². The third kappa shape index (κ3) is 3.79. The van der Waals surface area contributed by atoms with E-state index in [9.17, 15) is 4.79 Å². The summed E-state index contributed by atoms with van der Waals surface area (Å²) < 4.78 is 7.21. The Bertz CT molecular complexity index is 909. The van der Waals surface area contributed by atoms with Crippen LogP contribution >= 0.6 is 0 Å². The van der Waals surface area contributed by atoms with Gasteiger partial charge in [0.05, 0.1) is 6.04 Å². The Kier molecular flexibility index (Phi) is 5.15. The smallest absolute Gasteiger partial charge is 0.272 e. The maximum absolute atomic E-state index is 12.7. The van der Waals surface area contributed by atoms with Gasteiger partial charge in [0.25, 0.3) is 5.91 Å². The molecule has 1 aliphatic heterocycles. The minimum Gasteiger partial charge on any atom is -0.339 e. The highest BCUT2D eigenvalue weighted by molar-refractivity contribution is 5.92. The van der Waals surface area contributed by atoms with Crippen molar-refractivity contribution in [2.45, 2.75) is 38.8 Å². The van der Waals surface area contributed by atoms with Gasteiger partial charge in [-0.15, -0.1) is 0 Å². The van der Waals surface area contributed by atoms with E-state index in [1.54, 1.807) is 6.07 Å². The van der Waals surface area contributed by atoms with Gasteiger partial charge in [-0.05, 0) is 31.4 Å². The fourth-order valence-electron chi connectivity index (χ4n) is 3.22. The Hall–Kier alpha value is -3.08. The van der Waals surface area contributed by atoms with E-state index >= 15 is 0 Å². The molecule has 2 atom stereocenters. The number of piperidine rings is 1. The summed E-state index contributed by atoms with van der Waals surface area (Å²) in [4.78, 5) is 21.1. The summed E-state index contributed by atoms with van der Waals surface area (Å²) in [5, 5.41) is 21.1. The summed E-state index contributed by atoms with van der Waals surface area (Å²) in [5.41, 5.74) is 0.367. The molecule has 4 rings (SSSR count). The summed E-state index contributed by atoms with van der Waals surface area (Å²) in [5.74, 6) is 0.771. The highest BCUT2D eigenvalue weighted by atomic mass is 16.5. The largest absolute Gasteiger partial charge is 0.339 e. The number of aromatic amines is 1. The average Bonchev–Trinajstić information content (AvgIpc) is 3.47. The molecular weight excluding hydrogens is 362 g/mol. The summed E-state index contributed by atoms with van der Waals surface area (Å²) in [6.07, 6.45) is 5.37. The van der Waals surface area contributed by atoms with Crippen molar-refractivity contribution in [1.29, 1.82) is 0 Å². The normalized spacial score (nSPS) is 18.3. The standard InChI is InChI=1S/C17H23N9O2/c1-10(2)13(17-22-15(25-28-17)14-19-9-20-23-14)21-16(27)12-5-7-26(24-12)11-4-3-6-18-8-11/h5,7,9-11,13,18H,3-4,6,8H2,1-2H3,(H,21,27)(H,19,20,23). The lowest BCUT2D eigenvalue weighted by Crippen LogP contribution is -2.33. The Balaban J connectivity index is 1.47. The predicted octanol–water partition coefficient (Wildman–Crippen LogP) is 1.10. The van der Waals surface area contributed by atoms with Crippen LogP contribution in [-0.4, -0.2) is 54.1 Å². The molecule has 1 amide bonds. The Labute approximate surface area is 161 Å². The van der Waals surface area contributed by atoms with Gasteiger partial charge in [-0.3, -0.25) is 14.6 Å². The molecule has 148 valence electrons. The van der Waals surface area contributed by atoms with Gasteiger partial charge in [-0.1, -0.05) is 19.0 Å². The van der Waals surface area contributed by atoms with Crippen LogP contribution in [0.5, 0.6) is 0 Å². The molecule has 1 saturated heterocycles. The number of aromatic nitrogens is 7. The molecular formula is C17H23N9O2. The zero-order valence-electron chi connectivity index (χ0n) is 15.8. The molecule has 0 aromatic carbocycles. The van der Waals surface area contributed by atoms with Gasteiger partial charge in [0, 0.05) is 12.7 Å². The molecule has 0 radical (unpaired) electrons. The first kappa shape index (κ1) is 18.3.